The van der Waals surface area contributed by atoms with Gasteiger partial charge in [-0.1, -0.05) is 335 Å². The summed E-state index contributed by atoms with van der Waals surface area (Å²) in [6.07, 6.45) is 102. The molecule has 444 valence electrons. The number of rotatable bonds is 61. The molecule has 0 aromatic carbocycles. The molecule has 0 aromatic heterocycles. The van der Waals surface area contributed by atoms with E-state index in [2.05, 4.69) is 116 Å². The molecule has 0 saturated carbocycles. The lowest BCUT2D eigenvalue weighted by atomic mass is 10.0. The molecular formula is C73H129NO3. The number of carbonyl (C=O) groups is 1. The van der Waals surface area contributed by atoms with E-state index in [0.29, 0.717) is 6.42 Å². The number of hydrogen-bond donors (Lipinski definition) is 3. The Balaban J connectivity index is 3.53. The Kier molecular flexibility index (Phi) is 64.7. The summed E-state index contributed by atoms with van der Waals surface area (Å²) >= 11 is 0. The minimum Gasteiger partial charge on any atom is -0.394 e. The minimum absolute atomic E-state index is 0.0766. The lowest BCUT2D eigenvalue weighted by molar-refractivity contribution is -0.123. The molecular weight excluding hydrogens is 939 g/mol. The predicted molar refractivity (Wildman–Crippen MR) is 345 cm³/mol. The molecule has 0 saturated heterocycles. The van der Waals surface area contributed by atoms with Gasteiger partial charge >= 0.3 is 0 Å². The second kappa shape index (κ2) is 67.3. The van der Waals surface area contributed by atoms with Crippen LogP contribution in [0.4, 0.5) is 0 Å². The van der Waals surface area contributed by atoms with Gasteiger partial charge in [0.05, 0.1) is 18.8 Å². The second-order valence-electron chi connectivity index (χ2n) is 22.5. The molecule has 0 aliphatic heterocycles. The van der Waals surface area contributed by atoms with Gasteiger partial charge in [-0.3, -0.25) is 4.79 Å². The Labute approximate surface area is 480 Å². The van der Waals surface area contributed by atoms with Crippen molar-refractivity contribution >= 4 is 5.91 Å². The molecule has 77 heavy (non-hydrogen) atoms. The molecule has 0 aliphatic carbocycles. The SMILES string of the molecule is CC/C=C\C/C=C\C/C=C\C/C=C\C/C=C\C/C=C\CCCCCCCCCCCCCCCCCCCCC(=O)NC(CO)C(O)/C=C/CC/C=C/CC/C=C/CCCCCCCCCCCCCCCCCCCC. The zero-order valence-electron chi connectivity index (χ0n) is 51.2. The molecule has 2 unspecified atom stereocenters. The monoisotopic (exact) mass is 1070 g/mol. The number of allylic oxidation sites excluding steroid dienone is 17. The van der Waals surface area contributed by atoms with Gasteiger partial charge in [0.1, 0.15) is 0 Å². The van der Waals surface area contributed by atoms with Gasteiger partial charge in [-0.05, 0) is 96.3 Å². The maximum atomic E-state index is 12.5. The first-order chi connectivity index (χ1) is 38.2. The van der Waals surface area contributed by atoms with Crippen LogP contribution in [0, 0.1) is 0 Å². The fourth-order valence-electron chi connectivity index (χ4n) is 9.92. The maximum absolute atomic E-state index is 12.5. The first kappa shape index (κ1) is 74.0. The Morgan fingerprint density at radius 2 is 0.584 bits per heavy atom. The van der Waals surface area contributed by atoms with E-state index < -0.39 is 12.1 Å². The third-order valence-electron chi connectivity index (χ3n) is 15.0. The zero-order valence-corrected chi connectivity index (χ0v) is 51.2. The van der Waals surface area contributed by atoms with Crippen molar-refractivity contribution in [1.29, 1.82) is 0 Å². The van der Waals surface area contributed by atoms with Crippen molar-refractivity contribution in [3.05, 3.63) is 109 Å². The molecule has 4 nitrogen and oxygen atoms in total. The smallest absolute Gasteiger partial charge is 0.220 e. The molecule has 1 amide bonds. The van der Waals surface area contributed by atoms with Gasteiger partial charge in [0.2, 0.25) is 5.91 Å². The summed E-state index contributed by atoms with van der Waals surface area (Å²) in [4.78, 5) is 12.5. The van der Waals surface area contributed by atoms with Crippen LogP contribution in [0.25, 0.3) is 0 Å². The molecule has 0 fully saturated rings. The Hall–Kier alpha value is -2.95. The first-order valence-corrected chi connectivity index (χ1v) is 33.6. The van der Waals surface area contributed by atoms with Gasteiger partial charge in [-0.2, -0.15) is 0 Å². The highest BCUT2D eigenvalue weighted by Gasteiger charge is 2.18. The van der Waals surface area contributed by atoms with Gasteiger partial charge in [-0.25, -0.2) is 0 Å². The fraction of sp³-hybridized carbons (Fsp3) is 0.740. The number of aliphatic hydroxyl groups is 2. The van der Waals surface area contributed by atoms with Gasteiger partial charge in [0.15, 0.2) is 0 Å². The van der Waals surface area contributed by atoms with Gasteiger partial charge in [0.25, 0.3) is 0 Å². The highest BCUT2D eigenvalue weighted by Crippen LogP contribution is 2.17. The summed E-state index contributed by atoms with van der Waals surface area (Å²) in [5.74, 6) is -0.0766. The second-order valence-corrected chi connectivity index (χ2v) is 22.5. The van der Waals surface area contributed by atoms with Crippen LogP contribution in [0.3, 0.4) is 0 Å². The quantitative estimate of drug-likeness (QED) is 0.0420. The van der Waals surface area contributed by atoms with E-state index in [1.165, 1.54) is 231 Å². The summed E-state index contributed by atoms with van der Waals surface area (Å²) in [6.45, 7) is 4.20. The van der Waals surface area contributed by atoms with Crippen molar-refractivity contribution in [3.8, 4) is 0 Å². The molecule has 0 rings (SSSR count). The Morgan fingerprint density at radius 1 is 0.325 bits per heavy atom. The Bertz CT molecular complexity index is 1440. The highest BCUT2D eigenvalue weighted by atomic mass is 16.3. The largest absolute Gasteiger partial charge is 0.394 e. The van der Waals surface area contributed by atoms with Crippen molar-refractivity contribution in [3.63, 3.8) is 0 Å². The zero-order chi connectivity index (χ0) is 55.5. The molecule has 0 aliphatic rings. The third-order valence-corrected chi connectivity index (χ3v) is 15.0. The molecule has 3 N–H and O–H groups in total. The van der Waals surface area contributed by atoms with Crippen molar-refractivity contribution in [2.24, 2.45) is 0 Å². The number of unbranched alkanes of at least 4 members (excludes halogenated alkanes) is 38. The van der Waals surface area contributed by atoms with Crippen LogP contribution in [0.5, 0.6) is 0 Å². The average Bonchev–Trinajstić information content (AvgIpc) is 3.43. The van der Waals surface area contributed by atoms with Gasteiger partial charge < -0.3 is 15.5 Å². The van der Waals surface area contributed by atoms with E-state index in [-0.39, 0.29) is 12.5 Å². The molecule has 2 atom stereocenters. The molecule has 0 radical (unpaired) electrons. The number of nitrogens with one attached hydrogen (secondary N) is 1. The van der Waals surface area contributed by atoms with Crippen LogP contribution in [0.1, 0.15) is 328 Å². The van der Waals surface area contributed by atoms with Crippen LogP contribution in [-0.2, 0) is 4.79 Å². The molecule has 0 heterocycles. The fourth-order valence-corrected chi connectivity index (χ4v) is 9.92. The Morgan fingerprint density at radius 3 is 0.909 bits per heavy atom. The predicted octanol–water partition coefficient (Wildman–Crippen LogP) is 23.0. The summed E-state index contributed by atoms with van der Waals surface area (Å²) in [7, 11) is 0. The lowest BCUT2D eigenvalue weighted by Gasteiger charge is -2.19. The average molecular weight is 1070 g/mol. The van der Waals surface area contributed by atoms with Crippen LogP contribution in [0.2, 0.25) is 0 Å². The van der Waals surface area contributed by atoms with Gasteiger partial charge in [-0.15, -0.1) is 0 Å². The van der Waals surface area contributed by atoms with Crippen LogP contribution in [0.15, 0.2) is 109 Å². The van der Waals surface area contributed by atoms with E-state index in [0.717, 1.165) is 77.0 Å². The molecule has 0 spiro atoms. The standard InChI is InChI=1S/C73H129NO3/c1-3-5-7-9-11-13-15-17-19-21-23-25-27-29-31-33-34-35-36-37-38-39-40-41-43-45-47-49-51-53-55-57-59-61-63-65-67-69-73(77)74-71(70-75)72(76)68-66-64-62-60-58-56-54-52-50-48-46-44-42-32-30-28-26-24-22-20-18-16-14-12-10-8-6-4-2/h5,7,11,13,17,19,23,25,29,31,34-35,50,52,58,60,66,68,71-72,75-76H,3-4,6,8-10,12,14-16,18,20-22,24,26-28,30,32-33,36-49,51,53-57,59,61-65,67,69-70H2,1-2H3,(H,74,77)/b7-5-,13-11-,19-17-,25-23-,31-29-,35-34-,52-50+,60-58+,68-66+. The maximum Gasteiger partial charge on any atom is 0.220 e. The number of carbonyl (C=O) groups excluding carboxylic acids is 1. The summed E-state index contributed by atoms with van der Waals surface area (Å²) in [5, 5.41) is 23.2. The molecule has 4 heteroatoms. The molecule has 0 aromatic rings. The first-order valence-electron chi connectivity index (χ1n) is 33.6. The number of aliphatic hydroxyl groups excluding tert-OH is 2. The topological polar surface area (TPSA) is 69.6 Å². The van der Waals surface area contributed by atoms with Crippen LogP contribution < -0.4 is 5.32 Å². The van der Waals surface area contributed by atoms with Crippen molar-refractivity contribution in [1.82, 2.24) is 5.32 Å². The third kappa shape index (κ3) is 63.8. The number of amides is 1. The van der Waals surface area contributed by atoms with Crippen molar-refractivity contribution < 1.29 is 15.0 Å². The minimum atomic E-state index is -0.876. The van der Waals surface area contributed by atoms with E-state index in [4.69, 9.17) is 0 Å². The lowest BCUT2D eigenvalue weighted by Crippen LogP contribution is -2.45. The van der Waals surface area contributed by atoms with E-state index in [9.17, 15) is 15.0 Å². The van der Waals surface area contributed by atoms with Gasteiger partial charge in [0, 0.05) is 6.42 Å². The molecule has 0 bridgehead atoms. The van der Waals surface area contributed by atoms with E-state index >= 15 is 0 Å². The van der Waals surface area contributed by atoms with E-state index in [1.807, 2.05) is 6.08 Å². The normalized spacial score (nSPS) is 13.5. The summed E-state index contributed by atoms with van der Waals surface area (Å²) < 4.78 is 0. The summed E-state index contributed by atoms with van der Waals surface area (Å²) in [6, 6.07) is -0.652. The van der Waals surface area contributed by atoms with Crippen molar-refractivity contribution in [2.75, 3.05) is 6.61 Å². The highest BCUT2D eigenvalue weighted by molar-refractivity contribution is 5.76. The number of hydrogen-bond acceptors (Lipinski definition) is 3. The van der Waals surface area contributed by atoms with E-state index in [1.54, 1.807) is 6.08 Å². The van der Waals surface area contributed by atoms with Crippen LogP contribution in [-0.4, -0.2) is 34.9 Å². The summed E-state index contributed by atoms with van der Waals surface area (Å²) in [5.41, 5.74) is 0. The van der Waals surface area contributed by atoms with Crippen LogP contribution >= 0.6 is 0 Å². The van der Waals surface area contributed by atoms with Crippen molar-refractivity contribution in [2.45, 2.75) is 341 Å².